The van der Waals surface area contributed by atoms with Gasteiger partial charge >= 0.3 is 0 Å². The van der Waals surface area contributed by atoms with Gasteiger partial charge in [0.2, 0.25) is 5.91 Å². The maximum absolute atomic E-state index is 12.2. The van der Waals surface area contributed by atoms with E-state index in [-0.39, 0.29) is 23.6 Å². The van der Waals surface area contributed by atoms with Crippen LogP contribution >= 0.6 is 0 Å². The van der Waals surface area contributed by atoms with Crippen molar-refractivity contribution in [3.05, 3.63) is 47.7 Å². The number of H-pyrrole nitrogens is 1. The number of nitrogens with zero attached hydrogens (tertiary/aromatic N) is 2. The third kappa shape index (κ3) is 2.58. The van der Waals surface area contributed by atoms with E-state index in [2.05, 4.69) is 20.7 Å². The van der Waals surface area contributed by atoms with Crippen LogP contribution in [0.4, 0.5) is 5.82 Å². The molecule has 2 unspecified atom stereocenters. The van der Waals surface area contributed by atoms with Crippen LogP contribution in [0.3, 0.4) is 0 Å². The number of aromatic amines is 1. The van der Waals surface area contributed by atoms with E-state index in [1.54, 1.807) is 0 Å². The molecule has 1 heterocycles. The SMILES string of the molecule is N/C(=N/O)c1cn[nH]c1NC(=O)C1CC1c1ccccc1. The first kappa shape index (κ1) is 13.2. The fraction of sp³-hybridized carbons (Fsp3) is 0.214. The first-order valence-electron chi connectivity index (χ1n) is 6.57. The Labute approximate surface area is 120 Å². The number of amidine groups is 1. The summed E-state index contributed by atoms with van der Waals surface area (Å²) in [6.07, 6.45) is 2.22. The number of amides is 1. The quantitative estimate of drug-likeness (QED) is 0.293. The number of rotatable bonds is 4. The number of carbonyl (C=O) groups is 1. The number of carbonyl (C=O) groups excluding carboxylic acids is 1. The van der Waals surface area contributed by atoms with E-state index >= 15 is 0 Å². The highest BCUT2D eigenvalue weighted by Crippen LogP contribution is 2.47. The molecule has 108 valence electrons. The van der Waals surface area contributed by atoms with Crippen LogP contribution in [0.1, 0.15) is 23.5 Å². The van der Waals surface area contributed by atoms with Gasteiger partial charge in [-0.2, -0.15) is 5.10 Å². The zero-order chi connectivity index (χ0) is 14.8. The molecule has 0 bridgehead atoms. The number of nitrogens with two attached hydrogens (primary N) is 1. The van der Waals surface area contributed by atoms with Crippen molar-refractivity contribution in [1.29, 1.82) is 0 Å². The Morgan fingerprint density at radius 3 is 2.90 bits per heavy atom. The molecule has 1 fully saturated rings. The van der Waals surface area contributed by atoms with E-state index in [9.17, 15) is 4.79 Å². The average Bonchev–Trinajstić information content (AvgIpc) is 3.20. The fourth-order valence-electron chi connectivity index (χ4n) is 2.40. The molecule has 0 aliphatic heterocycles. The van der Waals surface area contributed by atoms with Gasteiger partial charge in [0.05, 0.1) is 11.8 Å². The highest BCUT2D eigenvalue weighted by molar-refractivity contribution is 6.05. The maximum Gasteiger partial charge on any atom is 0.229 e. The minimum Gasteiger partial charge on any atom is -0.409 e. The lowest BCUT2D eigenvalue weighted by atomic mass is 10.1. The molecule has 2 atom stereocenters. The van der Waals surface area contributed by atoms with E-state index in [1.807, 2.05) is 30.3 Å². The van der Waals surface area contributed by atoms with Crippen molar-refractivity contribution in [2.75, 3.05) is 5.32 Å². The first-order valence-corrected chi connectivity index (χ1v) is 6.57. The van der Waals surface area contributed by atoms with Gasteiger partial charge in [-0.15, -0.1) is 0 Å². The standard InChI is InChI=1S/C14H15N5O2/c15-12(19-21)11-7-16-18-13(11)17-14(20)10-6-9(10)8-4-2-1-3-5-8/h1-5,7,9-10,21H,6H2,(H2,15,19)(H2,16,17,18,20). The van der Waals surface area contributed by atoms with Gasteiger partial charge in [-0.05, 0) is 17.9 Å². The van der Waals surface area contributed by atoms with Crippen molar-refractivity contribution < 1.29 is 10.0 Å². The number of benzene rings is 1. The summed E-state index contributed by atoms with van der Waals surface area (Å²) in [6, 6.07) is 9.93. The van der Waals surface area contributed by atoms with Crippen molar-refractivity contribution in [3.8, 4) is 0 Å². The van der Waals surface area contributed by atoms with E-state index in [1.165, 1.54) is 11.8 Å². The molecule has 1 aliphatic carbocycles. The lowest BCUT2D eigenvalue weighted by molar-refractivity contribution is -0.117. The summed E-state index contributed by atoms with van der Waals surface area (Å²) >= 11 is 0. The Kier molecular flexibility index (Phi) is 3.31. The van der Waals surface area contributed by atoms with Gasteiger partial charge in [0.25, 0.3) is 0 Å². The molecule has 21 heavy (non-hydrogen) atoms. The number of anilines is 1. The second kappa shape index (κ2) is 5.28. The van der Waals surface area contributed by atoms with Gasteiger partial charge < -0.3 is 16.3 Å². The molecule has 1 amide bonds. The van der Waals surface area contributed by atoms with Crippen molar-refractivity contribution in [2.45, 2.75) is 12.3 Å². The van der Waals surface area contributed by atoms with Gasteiger partial charge in [-0.25, -0.2) is 0 Å². The predicted octanol–water partition coefficient (Wildman–Crippen LogP) is 1.25. The summed E-state index contributed by atoms with van der Waals surface area (Å²) in [5, 5.41) is 20.8. The van der Waals surface area contributed by atoms with Crippen LogP contribution in [0.15, 0.2) is 41.7 Å². The highest BCUT2D eigenvalue weighted by Gasteiger charge is 2.44. The number of nitrogens with one attached hydrogen (secondary N) is 2. The molecule has 5 N–H and O–H groups in total. The van der Waals surface area contributed by atoms with E-state index in [4.69, 9.17) is 10.9 Å². The molecule has 3 rings (SSSR count). The molecule has 0 saturated heterocycles. The van der Waals surface area contributed by atoms with Crippen LogP contribution in [-0.4, -0.2) is 27.1 Å². The topological polar surface area (TPSA) is 116 Å². The highest BCUT2D eigenvalue weighted by atomic mass is 16.4. The Balaban J connectivity index is 1.68. The summed E-state index contributed by atoms with van der Waals surface area (Å²) in [4.78, 5) is 12.2. The van der Waals surface area contributed by atoms with Crippen molar-refractivity contribution in [3.63, 3.8) is 0 Å². The molecule has 0 radical (unpaired) electrons. The van der Waals surface area contributed by atoms with Crippen molar-refractivity contribution in [2.24, 2.45) is 16.8 Å². The van der Waals surface area contributed by atoms with Crippen LogP contribution in [0.25, 0.3) is 0 Å². The van der Waals surface area contributed by atoms with Crippen LogP contribution in [-0.2, 0) is 4.79 Å². The second-order valence-corrected chi connectivity index (χ2v) is 4.99. The Morgan fingerprint density at radius 2 is 2.19 bits per heavy atom. The molecule has 1 aromatic carbocycles. The van der Waals surface area contributed by atoms with Gasteiger partial charge in [-0.1, -0.05) is 35.5 Å². The van der Waals surface area contributed by atoms with Gasteiger partial charge in [0, 0.05) is 5.92 Å². The number of hydrogen-bond acceptors (Lipinski definition) is 4. The lowest BCUT2D eigenvalue weighted by Gasteiger charge is -2.05. The summed E-state index contributed by atoms with van der Waals surface area (Å²) in [5.41, 5.74) is 7.04. The molecule has 0 spiro atoms. The van der Waals surface area contributed by atoms with E-state index in [0.717, 1.165) is 6.42 Å². The average molecular weight is 285 g/mol. The zero-order valence-corrected chi connectivity index (χ0v) is 11.2. The molecular weight excluding hydrogens is 270 g/mol. The maximum atomic E-state index is 12.2. The van der Waals surface area contributed by atoms with Crippen LogP contribution in [0.2, 0.25) is 0 Å². The number of aromatic nitrogens is 2. The molecular formula is C14H15N5O2. The van der Waals surface area contributed by atoms with E-state index < -0.39 is 0 Å². The smallest absolute Gasteiger partial charge is 0.229 e. The monoisotopic (exact) mass is 285 g/mol. The third-order valence-electron chi connectivity index (χ3n) is 3.63. The van der Waals surface area contributed by atoms with Crippen molar-refractivity contribution >= 4 is 17.6 Å². The Morgan fingerprint density at radius 1 is 1.43 bits per heavy atom. The van der Waals surface area contributed by atoms with Gasteiger partial charge in [0.1, 0.15) is 5.82 Å². The lowest BCUT2D eigenvalue weighted by Crippen LogP contribution is -2.19. The second-order valence-electron chi connectivity index (χ2n) is 4.99. The number of oxime groups is 1. The zero-order valence-electron chi connectivity index (χ0n) is 11.2. The molecule has 7 nitrogen and oxygen atoms in total. The molecule has 7 heteroatoms. The number of hydrogen-bond donors (Lipinski definition) is 4. The minimum atomic E-state index is -0.102. The fourth-order valence-corrected chi connectivity index (χ4v) is 2.40. The minimum absolute atomic E-state index is 0.0594. The van der Waals surface area contributed by atoms with Crippen LogP contribution in [0.5, 0.6) is 0 Å². The Hall–Kier alpha value is -2.83. The normalized spacial score (nSPS) is 21.0. The first-order chi connectivity index (χ1) is 10.2. The largest absolute Gasteiger partial charge is 0.409 e. The summed E-state index contributed by atoms with van der Waals surface area (Å²) in [6.45, 7) is 0. The van der Waals surface area contributed by atoms with Gasteiger partial charge in [-0.3, -0.25) is 9.89 Å². The van der Waals surface area contributed by atoms with Crippen LogP contribution < -0.4 is 11.1 Å². The molecule has 2 aromatic rings. The van der Waals surface area contributed by atoms with E-state index in [0.29, 0.717) is 11.4 Å². The summed E-state index contributed by atoms with van der Waals surface area (Å²) < 4.78 is 0. The molecule has 1 aliphatic rings. The van der Waals surface area contributed by atoms with Crippen LogP contribution in [0, 0.1) is 5.92 Å². The Bertz CT molecular complexity index is 680. The molecule has 1 saturated carbocycles. The summed E-state index contributed by atoms with van der Waals surface area (Å²) in [5.74, 6) is 0.334. The van der Waals surface area contributed by atoms with Crippen molar-refractivity contribution in [1.82, 2.24) is 10.2 Å². The predicted molar refractivity (Wildman–Crippen MR) is 77.0 cm³/mol. The third-order valence-corrected chi connectivity index (χ3v) is 3.63. The summed E-state index contributed by atoms with van der Waals surface area (Å²) in [7, 11) is 0. The van der Waals surface area contributed by atoms with Gasteiger partial charge in [0.15, 0.2) is 5.84 Å². The molecule has 1 aromatic heterocycles.